The van der Waals surface area contributed by atoms with Crippen LogP contribution in [0.15, 0.2) is 24.5 Å². The quantitative estimate of drug-likeness (QED) is 0.812. The van der Waals surface area contributed by atoms with Crippen molar-refractivity contribution in [3.05, 3.63) is 35.8 Å². The molecular weight excluding hydrogens is 318 g/mol. The minimum absolute atomic E-state index is 0.217. The Morgan fingerprint density at radius 2 is 2.12 bits per heavy atom. The number of halogens is 2. The summed E-state index contributed by atoms with van der Waals surface area (Å²) in [6.45, 7) is 4.34. The second-order valence-electron chi connectivity index (χ2n) is 5.75. The van der Waals surface area contributed by atoms with E-state index in [1.165, 1.54) is 36.1 Å². The fraction of sp³-hybridized carbons (Fsp3) is 0.438. The fourth-order valence-electron chi connectivity index (χ4n) is 2.29. The van der Waals surface area contributed by atoms with Crippen molar-refractivity contribution in [3.63, 3.8) is 0 Å². The number of hydrogen-bond acceptors (Lipinski definition) is 4. The molecule has 0 fully saturated rings. The lowest BCUT2D eigenvalue weighted by atomic mass is 10.2. The van der Waals surface area contributed by atoms with Crippen molar-refractivity contribution in [2.24, 2.45) is 5.92 Å². The van der Waals surface area contributed by atoms with Crippen LogP contribution in [-0.4, -0.2) is 34.8 Å². The van der Waals surface area contributed by atoms with Gasteiger partial charge in [-0.25, -0.2) is 13.8 Å². The molecule has 0 aromatic carbocycles. The van der Waals surface area contributed by atoms with E-state index in [4.69, 9.17) is 4.74 Å². The predicted molar refractivity (Wildman–Crippen MR) is 85.5 cm³/mol. The summed E-state index contributed by atoms with van der Waals surface area (Å²) in [5.41, 5.74) is -0.266. The lowest BCUT2D eigenvalue weighted by Crippen LogP contribution is -2.28. The highest BCUT2D eigenvalue weighted by atomic mass is 19.3. The van der Waals surface area contributed by atoms with Gasteiger partial charge in [-0.15, -0.1) is 0 Å². The van der Waals surface area contributed by atoms with E-state index in [0.29, 0.717) is 12.2 Å². The topological polar surface area (TPSA) is 60.2 Å². The molecule has 0 radical (unpaired) electrons. The van der Waals surface area contributed by atoms with Crippen molar-refractivity contribution in [2.75, 3.05) is 19.1 Å². The first kappa shape index (κ1) is 17.8. The number of nitrogens with zero attached hydrogens (tertiary/aromatic N) is 4. The van der Waals surface area contributed by atoms with Gasteiger partial charge in [0, 0.05) is 26.0 Å². The zero-order valence-corrected chi connectivity index (χ0v) is 14.0. The highest BCUT2D eigenvalue weighted by Crippen LogP contribution is 2.28. The standard InChI is InChI=1S/C16H20F2N4O2/c1-10(2)8-22-9-11(14(17)18)13(20-22)16(23)21(3)12-6-5-7-19-15(12)24-4/h5-7,9-10,14H,8H2,1-4H3. The number of amides is 1. The van der Waals surface area contributed by atoms with Gasteiger partial charge in [-0.3, -0.25) is 9.48 Å². The van der Waals surface area contributed by atoms with Gasteiger partial charge in [0.25, 0.3) is 12.3 Å². The van der Waals surface area contributed by atoms with E-state index < -0.39 is 12.3 Å². The number of pyridine rings is 1. The van der Waals surface area contributed by atoms with Crippen molar-refractivity contribution in [2.45, 2.75) is 26.8 Å². The number of anilines is 1. The Labute approximate surface area is 139 Å². The third kappa shape index (κ3) is 3.69. The van der Waals surface area contributed by atoms with E-state index in [9.17, 15) is 13.6 Å². The van der Waals surface area contributed by atoms with Gasteiger partial charge in [-0.1, -0.05) is 13.8 Å². The van der Waals surface area contributed by atoms with Gasteiger partial charge in [-0.05, 0) is 18.1 Å². The maximum absolute atomic E-state index is 13.3. The Bertz CT molecular complexity index is 716. The average Bonchev–Trinajstić information content (AvgIpc) is 2.96. The summed E-state index contributed by atoms with van der Waals surface area (Å²) in [6.07, 6.45) is -0.0384. The molecule has 0 bridgehead atoms. The molecule has 2 rings (SSSR count). The molecule has 0 saturated heterocycles. The molecule has 0 N–H and O–H groups in total. The summed E-state index contributed by atoms with van der Waals surface area (Å²) in [7, 11) is 2.89. The minimum atomic E-state index is -2.78. The van der Waals surface area contributed by atoms with Gasteiger partial charge in [0.1, 0.15) is 5.69 Å². The van der Waals surface area contributed by atoms with Crippen LogP contribution >= 0.6 is 0 Å². The zero-order valence-electron chi connectivity index (χ0n) is 14.0. The number of hydrogen-bond donors (Lipinski definition) is 0. The zero-order chi connectivity index (χ0) is 17.9. The highest BCUT2D eigenvalue weighted by molar-refractivity contribution is 6.06. The van der Waals surface area contributed by atoms with Crippen LogP contribution in [0.1, 0.15) is 36.3 Å². The molecule has 0 atom stereocenters. The summed E-state index contributed by atoms with van der Waals surface area (Å²) in [5.74, 6) is -0.192. The van der Waals surface area contributed by atoms with Crippen molar-refractivity contribution in [1.29, 1.82) is 0 Å². The normalized spacial score (nSPS) is 11.2. The minimum Gasteiger partial charge on any atom is -0.480 e. The van der Waals surface area contributed by atoms with Gasteiger partial charge in [-0.2, -0.15) is 5.10 Å². The molecule has 0 unspecified atom stereocenters. The Balaban J connectivity index is 2.39. The Morgan fingerprint density at radius 1 is 1.42 bits per heavy atom. The number of methoxy groups -OCH3 is 1. The summed E-state index contributed by atoms with van der Waals surface area (Å²) >= 11 is 0. The molecular formula is C16H20F2N4O2. The molecule has 24 heavy (non-hydrogen) atoms. The molecule has 2 aromatic rings. The van der Waals surface area contributed by atoms with Gasteiger partial charge in [0.2, 0.25) is 5.88 Å². The molecule has 0 spiro atoms. The fourth-order valence-corrected chi connectivity index (χ4v) is 2.29. The highest BCUT2D eigenvalue weighted by Gasteiger charge is 2.27. The average molecular weight is 338 g/mol. The van der Waals surface area contributed by atoms with Crippen molar-refractivity contribution in [1.82, 2.24) is 14.8 Å². The largest absolute Gasteiger partial charge is 0.480 e. The second kappa shape index (κ2) is 7.37. The summed E-state index contributed by atoms with van der Waals surface area (Å²) < 4.78 is 33.1. The summed E-state index contributed by atoms with van der Waals surface area (Å²) in [5, 5.41) is 4.06. The van der Waals surface area contributed by atoms with Crippen LogP contribution in [0, 0.1) is 5.92 Å². The molecule has 6 nitrogen and oxygen atoms in total. The van der Waals surface area contributed by atoms with Crippen molar-refractivity contribution in [3.8, 4) is 5.88 Å². The first-order chi connectivity index (χ1) is 11.3. The van der Waals surface area contributed by atoms with E-state index in [2.05, 4.69) is 10.1 Å². The first-order valence-electron chi connectivity index (χ1n) is 7.47. The Hall–Kier alpha value is -2.51. The van der Waals surface area contributed by atoms with Crippen LogP contribution in [0.5, 0.6) is 5.88 Å². The Morgan fingerprint density at radius 3 is 2.71 bits per heavy atom. The lowest BCUT2D eigenvalue weighted by Gasteiger charge is -2.18. The lowest BCUT2D eigenvalue weighted by molar-refractivity contribution is 0.0973. The molecule has 1 amide bonds. The number of carbonyl (C=O) groups excluding carboxylic acids is 1. The third-order valence-electron chi connectivity index (χ3n) is 3.39. The summed E-state index contributed by atoms with van der Waals surface area (Å²) in [6, 6.07) is 3.25. The maximum Gasteiger partial charge on any atom is 0.279 e. The maximum atomic E-state index is 13.3. The van der Waals surface area contributed by atoms with E-state index in [1.54, 1.807) is 12.1 Å². The molecule has 2 aromatic heterocycles. The van der Waals surface area contributed by atoms with Crippen LogP contribution in [0.25, 0.3) is 0 Å². The monoisotopic (exact) mass is 338 g/mol. The molecule has 2 heterocycles. The third-order valence-corrected chi connectivity index (χ3v) is 3.39. The van der Waals surface area contributed by atoms with Gasteiger partial charge < -0.3 is 9.64 Å². The Kier molecular flexibility index (Phi) is 5.48. The molecule has 0 saturated carbocycles. The molecule has 8 heteroatoms. The van der Waals surface area contributed by atoms with Crippen LogP contribution in [0.2, 0.25) is 0 Å². The molecule has 0 aliphatic carbocycles. The van der Waals surface area contributed by atoms with E-state index in [0.717, 1.165) is 0 Å². The summed E-state index contributed by atoms with van der Waals surface area (Å²) in [4.78, 5) is 17.9. The smallest absolute Gasteiger partial charge is 0.279 e. The first-order valence-corrected chi connectivity index (χ1v) is 7.47. The number of ether oxygens (including phenoxy) is 1. The SMILES string of the molecule is COc1ncccc1N(C)C(=O)c1nn(CC(C)C)cc1C(F)F. The van der Waals surface area contributed by atoms with E-state index in [1.807, 2.05) is 13.8 Å². The van der Waals surface area contributed by atoms with Gasteiger partial charge in [0.05, 0.1) is 12.7 Å². The van der Waals surface area contributed by atoms with Crippen LogP contribution in [-0.2, 0) is 6.54 Å². The van der Waals surface area contributed by atoms with Crippen LogP contribution in [0.3, 0.4) is 0 Å². The second-order valence-corrected chi connectivity index (χ2v) is 5.75. The molecule has 0 aliphatic rings. The number of aromatic nitrogens is 3. The predicted octanol–water partition coefficient (Wildman–Crippen LogP) is 3.16. The number of rotatable bonds is 6. The number of alkyl halides is 2. The van der Waals surface area contributed by atoms with Gasteiger partial charge >= 0.3 is 0 Å². The van der Waals surface area contributed by atoms with Crippen molar-refractivity contribution < 1.29 is 18.3 Å². The van der Waals surface area contributed by atoms with Crippen LogP contribution in [0.4, 0.5) is 14.5 Å². The number of carbonyl (C=O) groups is 1. The van der Waals surface area contributed by atoms with Crippen LogP contribution < -0.4 is 9.64 Å². The molecule has 130 valence electrons. The van der Waals surface area contributed by atoms with E-state index >= 15 is 0 Å². The van der Waals surface area contributed by atoms with Gasteiger partial charge in [0.15, 0.2) is 5.69 Å². The van der Waals surface area contributed by atoms with E-state index in [-0.39, 0.29) is 23.1 Å². The molecule has 0 aliphatic heterocycles. The van der Waals surface area contributed by atoms with Crippen molar-refractivity contribution >= 4 is 11.6 Å².